The van der Waals surface area contributed by atoms with Crippen LogP contribution in [0.4, 0.5) is 0 Å². The summed E-state index contributed by atoms with van der Waals surface area (Å²) in [5, 5.41) is 8.08. The van der Waals surface area contributed by atoms with E-state index in [-0.39, 0.29) is 0 Å². The number of halogens is 1. The van der Waals surface area contributed by atoms with Gasteiger partial charge in [-0.2, -0.15) is 5.10 Å². The molecule has 0 saturated heterocycles. The Kier molecular flexibility index (Phi) is 2.85. The van der Waals surface area contributed by atoms with Gasteiger partial charge in [0.2, 0.25) is 0 Å². The van der Waals surface area contributed by atoms with Crippen molar-refractivity contribution in [3.8, 4) is 11.4 Å². The van der Waals surface area contributed by atoms with Gasteiger partial charge in [-0.1, -0.05) is 24.4 Å². The normalized spacial score (nSPS) is 16.5. The molecule has 17 heavy (non-hydrogen) atoms. The Bertz CT molecular complexity index is 498. The molecule has 1 aliphatic carbocycles. The number of hydrogen-bond acceptors (Lipinski definition) is 2. The van der Waals surface area contributed by atoms with Gasteiger partial charge in [-0.15, -0.1) is 0 Å². The summed E-state index contributed by atoms with van der Waals surface area (Å²) < 4.78 is 0. The lowest BCUT2D eigenvalue weighted by Gasteiger charge is -2.01. The zero-order chi connectivity index (χ0) is 11.7. The van der Waals surface area contributed by atoms with Crippen LogP contribution >= 0.6 is 11.6 Å². The van der Waals surface area contributed by atoms with Crippen molar-refractivity contribution in [2.24, 2.45) is 0 Å². The summed E-state index contributed by atoms with van der Waals surface area (Å²) in [7, 11) is 0. The highest BCUT2D eigenvalue weighted by molar-refractivity contribution is 6.30. The largest absolute Gasteiger partial charge is 0.262 e. The average Bonchev–Trinajstić information content (AvgIpc) is 3.00. The first kappa shape index (κ1) is 10.8. The molecule has 0 bridgehead atoms. The van der Waals surface area contributed by atoms with E-state index in [2.05, 4.69) is 15.2 Å². The monoisotopic (exact) mass is 247 g/mol. The first-order valence-electron chi connectivity index (χ1n) is 6.01. The smallest absolute Gasteiger partial charge is 0.181 e. The second-order valence-electron chi connectivity index (χ2n) is 4.53. The van der Waals surface area contributed by atoms with E-state index in [1.807, 2.05) is 24.3 Å². The molecular formula is C13H14ClN3. The maximum absolute atomic E-state index is 5.86. The van der Waals surface area contributed by atoms with Crippen LogP contribution < -0.4 is 0 Å². The Morgan fingerprint density at radius 3 is 2.53 bits per heavy atom. The van der Waals surface area contributed by atoms with Crippen molar-refractivity contribution in [1.29, 1.82) is 0 Å². The topological polar surface area (TPSA) is 41.6 Å². The minimum absolute atomic E-state index is 0.573. The van der Waals surface area contributed by atoms with E-state index in [1.54, 1.807) is 0 Å². The van der Waals surface area contributed by atoms with Crippen molar-refractivity contribution in [1.82, 2.24) is 15.2 Å². The van der Waals surface area contributed by atoms with Crippen LogP contribution in [0, 0.1) is 0 Å². The van der Waals surface area contributed by atoms with Gasteiger partial charge >= 0.3 is 0 Å². The molecule has 1 heterocycles. The maximum Gasteiger partial charge on any atom is 0.181 e. The first-order chi connectivity index (χ1) is 8.33. The molecule has 4 heteroatoms. The highest BCUT2D eigenvalue weighted by atomic mass is 35.5. The van der Waals surface area contributed by atoms with Crippen LogP contribution in [-0.2, 0) is 0 Å². The minimum Gasteiger partial charge on any atom is -0.262 e. The highest BCUT2D eigenvalue weighted by Crippen LogP contribution is 2.32. The number of H-pyrrole nitrogens is 1. The molecule has 0 unspecified atom stereocenters. The summed E-state index contributed by atoms with van der Waals surface area (Å²) in [6, 6.07) is 7.62. The summed E-state index contributed by atoms with van der Waals surface area (Å²) in [5.41, 5.74) is 1.01. The molecule has 0 atom stereocenters. The number of aromatic nitrogens is 3. The van der Waals surface area contributed by atoms with Gasteiger partial charge < -0.3 is 0 Å². The van der Waals surface area contributed by atoms with Crippen LogP contribution in [0.2, 0.25) is 5.02 Å². The van der Waals surface area contributed by atoms with Gasteiger partial charge in [0.1, 0.15) is 5.82 Å². The van der Waals surface area contributed by atoms with Crippen LogP contribution in [0.3, 0.4) is 0 Å². The molecule has 0 aliphatic heterocycles. The molecule has 1 N–H and O–H groups in total. The lowest BCUT2D eigenvalue weighted by Crippen LogP contribution is -1.94. The van der Waals surface area contributed by atoms with Crippen LogP contribution in [-0.4, -0.2) is 15.2 Å². The quantitative estimate of drug-likeness (QED) is 0.877. The zero-order valence-corrected chi connectivity index (χ0v) is 10.2. The standard InChI is InChI=1S/C13H14ClN3/c14-11-7-5-10(6-8-11)13-15-12(16-17-13)9-3-1-2-4-9/h5-9H,1-4H2,(H,15,16,17). The Morgan fingerprint density at radius 2 is 1.82 bits per heavy atom. The Morgan fingerprint density at radius 1 is 1.12 bits per heavy atom. The number of aromatic amines is 1. The Balaban J connectivity index is 1.86. The molecule has 0 spiro atoms. The molecular weight excluding hydrogens is 234 g/mol. The van der Waals surface area contributed by atoms with Gasteiger partial charge in [-0.25, -0.2) is 4.98 Å². The van der Waals surface area contributed by atoms with Gasteiger partial charge in [0.05, 0.1) is 0 Å². The minimum atomic E-state index is 0.573. The fraction of sp³-hybridized carbons (Fsp3) is 0.385. The van der Waals surface area contributed by atoms with Crippen molar-refractivity contribution in [2.45, 2.75) is 31.6 Å². The number of nitrogens with zero attached hydrogens (tertiary/aromatic N) is 2. The zero-order valence-electron chi connectivity index (χ0n) is 9.49. The van der Waals surface area contributed by atoms with Crippen LogP contribution in [0.5, 0.6) is 0 Å². The third kappa shape index (κ3) is 2.20. The van der Waals surface area contributed by atoms with E-state index in [4.69, 9.17) is 11.6 Å². The molecule has 0 radical (unpaired) electrons. The molecule has 3 nitrogen and oxygen atoms in total. The summed E-state index contributed by atoms with van der Waals surface area (Å²) >= 11 is 5.86. The van der Waals surface area contributed by atoms with E-state index in [9.17, 15) is 0 Å². The van der Waals surface area contributed by atoms with E-state index >= 15 is 0 Å². The Hall–Kier alpha value is -1.35. The van der Waals surface area contributed by atoms with Crippen LogP contribution in [0.25, 0.3) is 11.4 Å². The Labute approximate surface area is 105 Å². The van der Waals surface area contributed by atoms with Gasteiger partial charge in [-0.05, 0) is 37.1 Å². The molecule has 1 fully saturated rings. The lowest BCUT2D eigenvalue weighted by atomic mass is 10.1. The third-order valence-corrected chi connectivity index (χ3v) is 3.60. The highest BCUT2D eigenvalue weighted by Gasteiger charge is 2.20. The second-order valence-corrected chi connectivity index (χ2v) is 4.97. The summed E-state index contributed by atoms with van der Waals surface area (Å²) in [6.45, 7) is 0. The molecule has 1 aromatic heterocycles. The third-order valence-electron chi connectivity index (χ3n) is 3.35. The average molecular weight is 248 g/mol. The summed E-state index contributed by atoms with van der Waals surface area (Å²) in [4.78, 5) is 4.58. The van der Waals surface area contributed by atoms with Gasteiger partial charge in [0.25, 0.3) is 0 Å². The predicted molar refractivity (Wildman–Crippen MR) is 68.0 cm³/mol. The fourth-order valence-corrected chi connectivity index (χ4v) is 2.51. The molecule has 1 aromatic carbocycles. The van der Waals surface area contributed by atoms with E-state index < -0.39 is 0 Å². The SMILES string of the molecule is Clc1ccc(-c2n[nH]c(C3CCCC3)n2)cc1. The molecule has 3 rings (SSSR count). The fourth-order valence-electron chi connectivity index (χ4n) is 2.38. The summed E-state index contributed by atoms with van der Waals surface area (Å²) in [5.74, 6) is 2.37. The molecule has 1 saturated carbocycles. The van der Waals surface area contributed by atoms with Gasteiger partial charge in [0.15, 0.2) is 5.82 Å². The van der Waals surface area contributed by atoms with Crippen molar-refractivity contribution in [3.05, 3.63) is 35.1 Å². The molecule has 1 aliphatic rings. The maximum atomic E-state index is 5.86. The first-order valence-corrected chi connectivity index (χ1v) is 6.39. The number of benzene rings is 1. The second kappa shape index (κ2) is 4.49. The van der Waals surface area contributed by atoms with Crippen LogP contribution in [0.1, 0.15) is 37.4 Å². The number of hydrogen-bond donors (Lipinski definition) is 1. The van der Waals surface area contributed by atoms with Crippen molar-refractivity contribution in [3.63, 3.8) is 0 Å². The number of nitrogens with one attached hydrogen (secondary N) is 1. The van der Waals surface area contributed by atoms with Gasteiger partial charge in [-0.3, -0.25) is 5.10 Å². The van der Waals surface area contributed by atoms with E-state index in [0.29, 0.717) is 5.92 Å². The summed E-state index contributed by atoms with van der Waals surface area (Å²) in [6.07, 6.45) is 5.08. The van der Waals surface area contributed by atoms with E-state index in [1.165, 1.54) is 25.7 Å². The number of rotatable bonds is 2. The van der Waals surface area contributed by atoms with Gasteiger partial charge in [0, 0.05) is 16.5 Å². The van der Waals surface area contributed by atoms with Crippen molar-refractivity contribution >= 4 is 11.6 Å². The molecule has 88 valence electrons. The van der Waals surface area contributed by atoms with Crippen molar-refractivity contribution in [2.75, 3.05) is 0 Å². The molecule has 2 aromatic rings. The lowest BCUT2D eigenvalue weighted by molar-refractivity contribution is 0.672. The molecule has 0 amide bonds. The van der Waals surface area contributed by atoms with E-state index in [0.717, 1.165) is 22.2 Å². The van der Waals surface area contributed by atoms with Crippen LogP contribution in [0.15, 0.2) is 24.3 Å². The predicted octanol–water partition coefficient (Wildman–Crippen LogP) is 3.78. The van der Waals surface area contributed by atoms with Crippen molar-refractivity contribution < 1.29 is 0 Å².